The van der Waals surface area contributed by atoms with Gasteiger partial charge in [0.15, 0.2) is 0 Å². The Hall–Kier alpha value is -1.81. The number of ether oxygens (including phenoxy) is 1. The van der Waals surface area contributed by atoms with Crippen molar-refractivity contribution in [2.45, 2.75) is 44.9 Å². The van der Waals surface area contributed by atoms with Gasteiger partial charge in [-0.05, 0) is 59.3 Å². The van der Waals surface area contributed by atoms with Crippen LogP contribution in [0, 0.1) is 0 Å². The fraction of sp³-hybridized carbons (Fsp3) is 0.421. The number of unbranched alkanes of at least 4 members (excludes halogenated alkanes) is 4. The Kier molecular flexibility index (Phi) is 7.67. The second kappa shape index (κ2) is 10.1. The maximum Gasteiger partial charge on any atom is 0.221 e. The molecule has 3 nitrogen and oxygen atoms in total. The summed E-state index contributed by atoms with van der Waals surface area (Å²) in [5, 5.41) is 4.38. The Bertz CT molecular complexity index is 581. The van der Waals surface area contributed by atoms with E-state index in [4.69, 9.17) is 10.5 Å². The van der Waals surface area contributed by atoms with Crippen LogP contribution in [0.15, 0.2) is 41.1 Å². The van der Waals surface area contributed by atoms with E-state index < -0.39 is 0 Å². The highest BCUT2D eigenvalue weighted by molar-refractivity contribution is 7.07. The molecular weight excluding hydrogens is 306 g/mol. The normalized spacial score (nSPS) is 10.6. The fourth-order valence-corrected chi connectivity index (χ4v) is 3.24. The van der Waals surface area contributed by atoms with Crippen LogP contribution in [0.3, 0.4) is 0 Å². The first-order valence-corrected chi connectivity index (χ1v) is 9.19. The quantitative estimate of drug-likeness (QED) is 0.622. The number of rotatable bonds is 11. The molecule has 0 aliphatic rings. The second-order valence-corrected chi connectivity index (χ2v) is 6.57. The molecule has 4 heteroatoms. The number of benzene rings is 1. The highest BCUT2D eigenvalue weighted by Crippen LogP contribution is 2.15. The number of hydrogen-bond acceptors (Lipinski definition) is 3. The van der Waals surface area contributed by atoms with Crippen LogP contribution in [0.5, 0.6) is 5.75 Å². The minimum absolute atomic E-state index is 0.265. The molecule has 0 saturated heterocycles. The number of aryl methyl sites for hydroxylation is 1. The topological polar surface area (TPSA) is 52.3 Å². The number of primary amides is 1. The van der Waals surface area contributed by atoms with E-state index in [-0.39, 0.29) is 12.3 Å². The first-order valence-electron chi connectivity index (χ1n) is 8.25. The number of amides is 1. The second-order valence-electron chi connectivity index (χ2n) is 5.79. The predicted molar refractivity (Wildman–Crippen MR) is 95.9 cm³/mol. The van der Waals surface area contributed by atoms with E-state index in [0.717, 1.165) is 24.3 Å². The van der Waals surface area contributed by atoms with E-state index in [1.54, 1.807) is 11.3 Å². The highest BCUT2D eigenvalue weighted by atomic mass is 32.1. The molecule has 0 aliphatic carbocycles. The van der Waals surface area contributed by atoms with Gasteiger partial charge in [0, 0.05) is 0 Å². The third-order valence-electron chi connectivity index (χ3n) is 3.74. The summed E-state index contributed by atoms with van der Waals surface area (Å²) in [6.07, 6.45) is 7.54. The van der Waals surface area contributed by atoms with Gasteiger partial charge in [-0.15, -0.1) is 0 Å². The number of carbonyl (C=O) groups is 1. The van der Waals surface area contributed by atoms with E-state index in [9.17, 15) is 4.79 Å². The Morgan fingerprint density at radius 3 is 2.65 bits per heavy atom. The van der Waals surface area contributed by atoms with Gasteiger partial charge in [0.25, 0.3) is 0 Å². The lowest BCUT2D eigenvalue weighted by Gasteiger charge is -2.07. The molecule has 1 heterocycles. The molecule has 2 aromatic rings. The lowest BCUT2D eigenvalue weighted by molar-refractivity contribution is -0.117. The van der Waals surface area contributed by atoms with E-state index in [1.165, 1.54) is 37.7 Å². The van der Waals surface area contributed by atoms with Gasteiger partial charge in [-0.2, -0.15) is 11.3 Å². The van der Waals surface area contributed by atoms with Crippen molar-refractivity contribution in [3.8, 4) is 5.75 Å². The summed E-state index contributed by atoms with van der Waals surface area (Å²) >= 11 is 1.77. The van der Waals surface area contributed by atoms with Crippen LogP contribution in [0.25, 0.3) is 0 Å². The van der Waals surface area contributed by atoms with Crippen LogP contribution in [-0.2, 0) is 17.6 Å². The molecule has 1 aromatic carbocycles. The van der Waals surface area contributed by atoms with E-state index >= 15 is 0 Å². The Balaban J connectivity index is 1.52. The standard InChI is InChI=1S/C19H25NO2S/c20-19(21)14-17-8-6-9-18(13-17)22-11-5-3-1-2-4-7-16-10-12-23-15-16/h6,8-10,12-13,15H,1-5,7,11,14H2,(H2,20,21). The van der Waals surface area contributed by atoms with Crippen molar-refractivity contribution < 1.29 is 9.53 Å². The van der Waals surface area contributed by atoms with Gasteiger partial charge >= 0.3 is 0 Å². The summed E-state index contributed by atoms with van der Waals surface area (Å²) in [6.45, 7) is 0.727. The van der Waals surface area contributed by atoms with Crippen LogP contribution in [-0.4, -0.2) is 12.5 Å². The first kappa shape index (κ1) is 17.5. The summed E-state index contributed by atoms with van der Waals surface area (Å²) in [4.78, 5) is 10.9. The van der Waals surface area contributed by atoms with Crippen LogP contribution in [0.4, 0.5) is 0 Å². The molecule has 0 radical (unpaired) electrons. The molecule has 124 valence electrons. The number of thiophene rings is 1. The maximum atomic E-state index is 10.9. The lowest BCUT2D eigenvalue weighted by atomic mass is 10.1. The molecule has 0 unspecified atom stereocenters. The smallest absolute Gasteiger partial charge is 0.221 e. The maximum absolute atomic E-state index is 10.9. The molecule has 1 aromatic heterocycles. The summed E-state index contributed by atoms with van der Waals surface area (Å²) < 4.78 is 5.74. The molecule has 0 saturated carbocycles. The first-order chi connectivity index (χ1) is 11.2. The molecule has 1 amide bonds. The largest absolute Gasteiger partial charge is 0.494 e. The fourth-order valence-electron chi connectivity index (χ4n) is 2.53. The molecule has 0 spiro atoms. The van der Waals surface area contributed by atoms with Crippen LogP contribution < -0.4 is 10.5 Å². The van der Waals surface area contributed by atoms with Crippen LogP contribution in [0.1, 0.15) is 43.2 Å². The number of nitrogens with two attached hydrogens (primary N) is 1. The van der Waals surface area contributed by atoms with Gasteiger partial charge in [-0.1, -0.05) is 31.4 Å². The highest BCUT2D eigenvalue weighted by Gasteiger charge is 2.01. The Labute approximate surface area is 142 Å². The minimum Gasteiger partial charge on any atom is -0.494 e. The lowest BCUT2D eigenvalue weighted by Crippen LogP contribution is -2.13. The third-order valence-corrected chi connectivity index (χ3v) is 4.47. The van der Waals surface area contributed by atoms with E-state index in [0.29, 0.717) is 0 Å². The molecule has 0 aliphatic heterocycles. The molecular formula is C19H25NO2S. The SMILES string of the molecule is NC(=O)Cc1cccc(OCCCCCCCc2ccsc2)c1. The number of carbonyl (C=O) groups excluding carboxylic acids is 1. The monoisotopic (exact) mass is 331 g/mol. The van der Waals surface area contributed by atoms with E-state index in [2.05, 4.69) is 16.8 Å². The van der Waals surface area contributed by atoms with Crippen molar-refractivity contribution in [3.05, 3.63) is 52.2 Å². The van der Waals surface area contributed by atoms with Crippen LogP contribution >= 0.6 is 11.3 Å². The van der Waals surface area contributed by atoms with Crippen molar-refractivity contribution in [1.82, 2.24) is 0 Å². The van der Waals surface area contributed by atoms with Gasteiger partial charge in [0.2, 0.25) is 5.91 Å². The van der Waals surface area contributed by atoms with Crippen molar-refractivity contribution in [3.63, 3.8) is 0 Å². The zero-order chi connectivity index (χ0) is 16.3. The van der Waals surface area contributed by atoms with Crippen LogP contribution in [0.2, 0.25) is 0 Å². The number of hydrogen-bond donors (Lipinski definition) is 1. The van der Waals surface area contributed by atoms with Gasteiger partial charge in [0.1, 0.15) is 5.75 Å². The van der Waals surface area contributed by atoms with Crippen molar-refractivity contribution in [2.75, 3.05) is 6.61 Å². The summed E-state index contributed by atoms with van der Waals surface area (Å²) in [5.74, 6) is 0.505. The minimum atomic E-state index is -0.315. The average Bonchev–Trinajstić information content (AvgIpc) is 3.03. The predicted octanol–water partition coefficient (Wildman–Crippen LogP) is 4.35. The third kappa shape index (κ3) is 7.33. The molecule has 0 bridgehead atoms. The molecule has 0 atom stereocenters. The Morgan fingerprint density at radius 1 is 1.04 bits per heavy atom. The molecule has 0 fully saturated rings. The van der Waals surface area contributed by atoms with E-state index in [1.807, 2.05) is 24.3 Å². The van der Waals surface area contributed by atoms with Gasteiger partial charge < -0.3 is 10.5 Å². The average molecular weight is 331 g/mol. The van der Waals surface area contributed by atoms with Crippen molar-refractivity contribution in [1.29, 1.82) is 0 Å². The van der Waals surface area contributed by atoms with Gasteiger partial charge in [0.05, 0.1) is 13.0 Å². The molecule has 2 N–H and O–H groups in total. The van der Waals surface area contributed by atoms with Crippen molar-refractivity contribution >= 4 is 17.2 Å². The summed E-state index contributed by atoms with van der Waals surface area (Å²) in [6, 6.07) is 9.82. The zero-order valence-corrected chi connectivity index (χ0v) is 14.3. The molecule has 2 rings (SSSR count). The van der Waals surface area contributed by atoms with Gasteiger partial charge in [-0.25, -0.2) is 0 Å². The Morgan fingerprint density at radius 2 is 1.87 bits per heavy atom. The summed E-state index contributed by atoms with van der Waals surface area (Å²) in [7, 11) is 0. The molecule has 23 heavy (non-hydrogen) atoms. The van der Waals surface area contributed by atoms with Crippen molar-refractivity contribution in [2.24, 2.45) is 5.73 Å². The zero-order valence-electron chi connectivity index (χ0n) is 13.5. The summed E-state index contributed by atoms with van der Waals surface area (Å²) in [5.41, 5.74) is 7.58. The van der Waals surface area contributed by atoms with Gasteiger partial charge in [-0.3, -0.25) is 4.79 Å².